The molecule has 0 aliphatic heterocycles. The van der Waals surface area contributed by atoms with Crippen LogP contribution in [0.5, 0.6) is 0 Å². The molecule has 0 N–H and O–H groups in total. The van der Waals surface area contributed by atoms with E-state index in [4.69, 9.17) is 26.6 Å². The Morgan fingerprint density at radius 3 is 2.18 bits per heavy atom. The molecule has 10 heteroatoms. The van der Waals surface area contributed by atoms with E-state index in [1.807, 2.05) is 30.3 Å². The number of amides is 1. The Morgan fingerprint density at radius 1 is 0.911 bits per heavy atom. The molecule has 0 saturated heterocycles. The van der Waals surface area contributed by atoms with Crippen molar-refractivity contribution in [3.8, 4) is 0 Å². The number of carbonyl (C=O) groups is 3. The van der Waals surface area contributed by atoms with Crippen molar-refractivity contribution in [2.45, 2.75) is 82.9 Å². The van der Waals surface area contributed by atoms with Gasteiger partial charge in [-0.3, -0.25) is 4.79 Å². The molecule has 1 fully saturated rings. The number of hydrogen-bond acceptors (Lipinski definition) is 6. The van der Waals surface area contributed by atoms with Gasteiger partial charge in [0.05, 0.1) is 18.4 Å². The standard InChI is InChI=1S/C35H39ClN4O5/c1-44-35(43)32(22-25-12-8-7-9-13-25)40(33(41)30-21-20-28(36)23-31(30)38-39-37)24-26-16-18-27(19-17-26)34(42)45-29-14-10-5-3-2-4-6-11-15-29/h7-9,12-13,16-21,23,29,32H,2-6,10-11,14-15,22,24H2,1H3/t32-/m1/s1. The monoisotopic (exact) mass is 630 g/mol. The van der Waals surface area contributed by atoms with Crippen molar-refractivity contribution in [1.29, 1.82) is 0 Å². The van der Waals surface area contributed by atoms with E-state index in [1.165, 1.54) is 49.5 Å². The Bertz CT molecular complexity index is 1480. The number of hydrogen-bond donors (Lipinski definition) is 0. The first-order valence-electron chi connectivity index (χ1n) is 15.5. The Hall–Kier alpha value is -4.33. The third-order valence-electron chi connectivity index (χ3n) is 8.09. The topological polar surface area (TPSA) is 122 Å². The van der Waals surface area contributed by atoms with Crippen LogP contribution < -0.4 is 0 Å². The van der Waals surface area contributed by atoms with Gasteiger partial charge in [-0.05, 0) is 72.7 Å². The largest absolute Gasteiger partial charge is 0.467 e. The maximum absolute atomic E-state index is 14.1. The number of carbonyl (C=O) groups excluding carboxylic acids is 3. The minimum absolute atomic E-state index is 0.0156. The Labute approximate surface area is 269 Å². The number of benzene rings is 3. The molecule has 0 radical (unpaired) electrons. The van der Waals surface area contributed by atoms with Crippen LogP contribution in [0.15, 0.2) is 77.9 Å². The van der Waals surface area contributed by atoms with Crippen molar-refractivity contribution in [1.82, 2.24) is 4.90 Å². The van der Waals surface area contributed by atoms with Crippen molar-refractivity contribution in [2.24, 2.45) is 5.11 Å². The van der Waals surface area contributed by atoms with Crippen LogP contribution in [0.1, 0.15) is 89.6 Å². The molecule has 0 bridgehead atoms. The van der Waals surface area contributed by atoms with E-state index >= 15 is 0 Å². The summed E-state index contributed by atoms with van der Waals surface area (Å²) in [5.74, 6) is -1.51. The summed E-state index contributed by atoms with van der Waals surface area (Å²) in [4.78, 5) is 44.6. The van der Waals surface area contributed by atoms with Crippen LogP contribution in [-0.2, 0) is 27.2 Å². The lowest BCUT2D eigenvalue weighted by Crippen LogP contribution is -2.46. The number of nitrogens with zero attached hydrogens (tertiary/aromatic N) is 4. The highest BCUT2D eigenvalue weighted by Crippen LogP contribution is 2.28. The van der Waals surface area contributed by atoms with Gasteiger partial charge < -0.3 is 14.4 Å². The lowest BCUT2D eigenvalue weighted by atomic mass is 9.99. The van der Waals surface area contributed by atoms with Gasteiger partial charge in [0.2, 0.25) is 0 Å². The molecule has 0 heterocycles. The maximum atomic E-state index is 14.1. The number of esters is 2. The van der Waals surface area contributed by atoms with Crippen LogP contribution >= 0.6 is 11.6 Å². The summed E-state index contributed by atoms with van der Waals surface area (Å²) in [6.45, 7) is 0.0156. The van der Waals surface area contributed by atoms with E-state index in [0.29, 0.717) is 16.1 Å². The van der Waals surface area contributed by atoms with E-state index in [0.717, 1.165) is 44.1 Å². The fourth-order valence-corrected chi connectivity index (χ4v) is 5.81. The molecular formula is C35H39ClN4O5. The number of azide groups is 1. The van der Waals surface area contributed by atoms with Crippen LogP contribution in [0.2, 0.25) is 5.02 Å². The van der Waals surface area contributed by atoms with Crippen LogP contribution in [0.25, 0.3) is 10.4 Å². The summed E-state index contributed by atoms with van der Waals surface area (Å²) in [5.41, 5.74) is 11.2. The molecule has 1 atom stereocenters. The first kappa shape index (κ1) is 33.6. The number of ether oxygens (including phenoxy) is 2. The normalized spacial score (nSPS) is 14.8. The molecule has 0 spiro atoms. The predicted octanol–water partition coefficient (Wildman–Crippen LogP) is 8.76. The molecule has 1 amide bonds. The summed E-state index contributed by atoms with van der Waals surface area (Å²) in [6, 6.07) is 19.5. The third-order valence-corrected chi connectivity index (χ3v) is 8.33. The second-order valence-corrected chi connectivity index (χ2v) is 11.7. The van der Waals surface area contributed by atoms with Crippen molar-refractivity contribution in [2.75, 3.05) is 7.11 Å². The summed E-state index contributed by atoms with van der Waals surface area (Å²) < 4.78 is 11.1. The van der Waals surface area contributed by atoms with Crippen LogP contribution in [0.3, 0.4) is 0 Å². The zero-order valence-electron chi connectivity index (χ0n) is 25.6. The van der Waals surface area contributed by atoms with Gasteiger partial charge in [-0.15, -0.1) is 0 Å². The van der Waals surface area contributed by atoms with Crippen molar-refractivity contribution in [3.05, 3.63) is 111 Å². The zero-order valence-corrected chi connectivity index (χ0v) is 26.3. The third kappa shape index (κ3) is 9.83. The Balaban J connectivity index is 1.60. The van der Waals surface area contributed by atoms with E-state index in [1.54, 1.807) is 24.3 Å². The van der Waals surface area contributed by atoms with Crippen molar-refractivity contribution < 1.29 is 23.9 Å². The quantitative estimate of drug-likeness (QED) is 0.0959. The average Bonchev–Trinajstić information content (AvgIpc) is 3.06. The lowest BCUT2D eigenvalue weighted by molar-refractivity contribution is -0.146. The molecule has 0 unspecified atom stereocenters. The molecule has 0 aromatic heterocycles. The van der Waals surface area contributed by atoms with Gasteiger partial charge in [0.15, 0.2) is 0 Å². The van der Waals surface area contributed by atoms with Gasteiger partial charge >= 0.3 is 11.9 Å². The number of halogens is 1. The van der Waals surface area contributed by atoms with E-state index < -0.39 is 17.9 Å². The van der Waals surface area contributed by atoms with E-state index in [9.17, 15) is 14.4 Å². The fraction of sp³-hybridized carbons (Fsp3) is 0.400. The molecule has 236 valence electrons. The highest BCUT2D eigenvalue weighted by atomic mass is 35.5. The lowest BCUT2D eigenvalue weighted by Gasteiger charge is -2.31. The number of methoxy groups -OCH3 is 1. The summed E-state index contributed by atoms with van der Waals surface area (Å²) in [7, 11) is 1.27. The van der Waals surface area contributed by atoms with E-state index in [2.05, 4.69) is 10.0 Å². The first-order valence-corrected chi connectivity index (χ1v) is 15.8. The average molecular weight is 631 g/mol. The van der Waals surface area contributed by atoms with Gasteiger partial charge in [0.25, 0.3) is 5.91 Å². The van der Waals surface area contributed by atoms with Gasteiger partial charge in [-0.2, -0.15) is 0 Å². The minimum Gasteiger partial charge on any atom is -0.467 e. The smallest absolute Gasteiger partial charge is 0.338 e. The van der Waals surface area contributed by atoms with Crippen LogP contribution in [-0.4, -0.2) is 42.0 Å². The molecule has 1 aliphatic carbocycles. The second kappa shape index (κ2) is 17.2. The number of rotatable bonds is 10. The highest BCUT2D eigenvalue weighted by molar-refractivity contribution is 6.31. The van der Waals surface area contributed by atoms with Crippen molar-refractivity contribution in [3.63, 3.8) is 0 Å². The molecule has 4 rings (SSSR count). The molecule has 9 nitrogen and oxygen atoms in total. The molecular weight excluding hydrogens is 592 g/mol. The molecule has 1 aliphatic rings. The van der Waals surface area contributed by atoms with Crippen molar-refractivity contribution >= 4 is 35.1 Å². The molecule has 45 heavy (non-hydrogen) atoms. The maximum Gasteiger partial charge on any atom is 0.338 e. The molecule has 3 aromatic carbocycles. The fourth-order valence-electron chi connectivity index (χ4n) is 5.64. The summed E-state index contributed by atoms with van der Waals surface area (Å²) >= 11 is 6.12. The van der Waals surface area contributed by atoms with Gasteiger partial charge in [0, 0.05) is 28.5 Å². The summed E-state index contributed by atoms with van der Waals surface area (Å²) in [6.07, 6.45) is 10.0. The second-order valence-electron chi connectivity index (χ2n) is 11.3. The molecule has 1 saturated carbocycles. The van der Waals surface area contributed by atoms with Crippen LogP contribution in [0.4, 0.5) is 5.69 Å². The zero-order chi connectivity index (χ0) is 32.0. The van der Waals surface area contributed by atoms with E-state index in [-0.39, 0.29) is 36.3 Å². The van der Waals surface area contributed by atoms with Gasteiger partial charge in [0.1, 0.15) is 12.1 Å². The first-order chi connectivity index (χ1) is 21.9. The van der Waals surface area contributed by atoms with Gasteiger partial charge in [-0.25, -0.2) is 9.59 Å². The van der Waals surface area contributed by atoms with Gasteiger partial charge in [-0.1, -0.05) is 91.3 Å². The predicted molar refractivity (Wildman–Crippen MR) is 173 cm³/mol. The van der Waals surface area contributed by atoms with Crippen LogP contribution in [0, 0.1) is 0 Å². The Morgan fingerprint density at radius 2 is 1.56 bits per heavy atom. The minimum atomic E-state index is -1.00. The SMILES string of the molecule is COC(=O)[C@@H](Cc1ccccc1)N(Cc1ccc(C(=O)OC2CCCCCCCCC2)cc1)C(=O)c1ccc(Cl)cc1N=[N+]=[N-]. The summed E-state index contributed by atoms with van der Waals surface area (Å²) in [5, 5.41) is 3.96. The molecule has 3 aromatic rings. The highest BCUT2D eigenvalue weighted by Gasteiger charge is 2.33. The Kier molecular flexibility index (Phi) is 12.9.